The SMILES string of the molecule is COc1ncc(Cl)c(N2CC(CBr)OC(C)(C)C2)n1. The van der Waals surface area contributed by atoms with Crippen LogP contribution in [0, 0.1) is 0 Å². The maximum atomic E-state index is 6.20. The normalized spacial score (nSPS) is 22.4. The minimum Gasteiger partial charge on any atom is -0.467 e. The molecule has 19 heavy (non-hydrogen) atoms. The number of alkyl halides is 1. The molecule has 0 saturated carbocycles. The van der Waals surface area contributed by atoms with Gasteiger partial charge in [-0.3, -0.25) is 0 Å². The first kappa shape index (κ1) is 14.8. The van der Waals surface area contributed by atoms with Gasteiger partial charge in [0.15, 0.2) is 5.82 Å². The van der Waals surface area contributed by atoms with Gasteiger partial charge in [-0.1, -0.05) is 27.5 Å². The lowest BCUT2D eigenvalue weighted by atomic mass is 10.1. The highest BCUT2D eigenvalue weighted by Gasteiger charge is 2.34. The minimum atomic E-state index is -0.252. The molecule has 1 aliphatic rings. The molecule has 106 valence electrons. The van der Waals surface area contributed by atoms with Crippen molar-refractivity contribution in [3.05, 3.63) is 11.2 Å². The van der Waals surface area contributed by atoms with Gasteiger partial charge in [0.05, 0.1) is 25.0 Å². The Balaban J connectivity index is 2.29. The van der Waals surface area contributed by atoms with E-state index < -0.39 is 0 Å². The lowest BCUT2D eigenvalue weighted by Crippen LogP contribution is -2.53. The van der Waals surface area contributed by atoms with Crippen LogP contribution in [-0.4, -0.2) is 47.2 Å². The number of methoxy groups -OCH3 is 1. The first-order valence-corrected chi connectivity index (χ1v) is 7.50. The fourth-order valence-electron chi connectivity index (χ4n) is 2.20. The first-order chi connectivity index (χ1) is 8.95. The summed E-state index contributed by atoms with van der Waals surface area (Å²) in [6, 6.07) is 0.319. The van der Waals surface area contributed by atoms with Crippen LogP contribution in [0.2, 0.25) is 5.02 Å². The maximum absolute atomic E-state index is 6.20. The van der Waals surface area contributed by atoms with E-state index in [2.05, 4.69) is 44.6 Å². The standard InChI is InChI=1S/C12H17BrClN3O2/c1-12(2)7-17(6-8(4-13)19-12)10-9(14)5-15-11(16-10)18-3/h5,8H,4,6-7H2,1-3H3. The average Bonchev–Trinajstić information content (AvgIpc) is 2.37. The molecular formula is C12H17BrClN3O2. The van der Waals surface area contributed by atoms with Gasteiger partial charge in [-0.2, -0.15) is 4.98 Å². The minimum absolute atomic E-state index is 0.0979. The van der Waals surface area contributed by atoms with Crippen LogP contribution in [0.15, 0.2) is 6.20 Å². The molecule has 0 bridgehead atoms. The summed E-state index contributed by atoms with van der Waals surface area (Å²) in [5, 5.41) is 1.29. The lowest BCUT2D eigenvalue weighted by molar-refractivity contribution is -0.0726. The Morgan fingerprint density at radius 2 is 2.37 bits per heavy atom. The van der Waals surface area contributed by atoms with Gasteiger partial charge in [0, 0.05) is 18.4 Å². The van der Waals surface area contributed by atoms with E-state index in [9.17, 15) is 0 Å². The summed E-state index contributed by atoms with van der Waals surface area (Å²) < 4.78 is 11.0. The summed E-state index contributed by atoms with van der Waals surface area (Å²) >= 11 is 9.66. The van der Waals surface area contributed by atoms with Crippen molar-refractivity contribution >= 4 is 33.3 Å². The molecule has 1 fully saturated rings. The molecule has 0 aromatic carbocycles. The van der Waals surface area contributed by atoms with E-state index >= 15 is 0 Å². The quantitative estimate of drug-likeness (QED) is 0.784. The van der Waals surface area contributed by atoms with Gasteiger partial charge in [0.25, 0.3) is 0 Å². The number of ether oxygens (including phenoxy) is 2. The third-order valence-corrected chi connectivity index (χ3v) is 3.83. The number of morpholine rings is 1. The van der Waals surface area contributed by atoms with Crippen LogP contribution in [-0.2, 0) is 4.74 Å². The summed E-state index contributed by atoms with van der Waals surface area (Å²) in [5.41, 5.74) is -0.252. The van der Waals surface area contributed by atoms with Crippen molar-refractivity contribution < 1.29 is 9.47 Å². The van der Waals surface area contributed by atoms with Crippen molar-refractivity contribution in [2.45, 2.75) is 25.6 Å². The van der Waals surface area contributed by atoms with Gasteiger partial charge in [0.2, 0.25) is 0 Å². The highest BCUT2D eigenvalue weighted by Crippen LogP contribution is 2.30. The number of aromatic nitrogens is 2. The van der Waals surface area contributed by atoms with Crippen molar-refractivity contribution in [3.8, 4) is 6.01 Å². The van der Waals surface area contributed by atoms with Gasteiger partial charge in [0.1, 0.15) is 5.02 Å². The van der Waals surface area contributed by atoms with Gasteiger partial charge >= 0.3 is 6.01 Å². The first-order valence-electron chi connectivity index (χ1n) is 6.00. The van der Waals surface area contributed by atoms with Crippen molar-refractivity contribution in [1.29, 1.82) is 0 Å². The zero-order valence-electron chi connectivity index (χ0n) is 11.2. The molecule has 1 aliphatic heterocycles. The topological polar surface area (TPSA) is 47.5 Å². The molecule has 5 nitrogen and oxygen atoms in total. The monoisotopic (exact) mass is 349 g/mol. The van der Waals surface area contributed by atoms with E-state index in [1.54, 1.807) is 6.20 Å². The Hall–Kier alpha value is -0.590. The smallest absolute Gasteiger partial charge is 0.318 e. The Labute approximate surface area is 126 Å². The number of hydrogen-bond donors (Lipinski definition) is 0. The van der Waals surface area contributed by atoms with Crippen molar-refractivity contribution in [2.75, 3.05) is 30.4 Å². The van der Waals surface area contributed by atoms with Crippen LogP contribution < -0.4 is 9.64 Å². The molecule has 0 amide bonds. The van der Waals surface area contributed by atoms with E-state index in [1.807, 2.05) is 0 Å². The second-order valence-electron chi connectivity index (χ2n) is 5.06. The number of nitrogens with zero attached hydrogens (tertiary/aromatic N) is 3. The van der Waals surface area contributed by atoms with Crippen LogP contribution in [0.1, 0.15) is 13.8 Å². The number of rotatable bonds is 3. The van der Waals surface area contributed by atoms with Gasteiger partial charge in [-0.05, 0) is 13.8 Å². The van der Waals surface area contributed by atoms with E-state index in [1.165, 1.54) is 7.11 Å². The lowest BCUT2D eigenvalue weighted by Gasteiger charge is -2.43. The number of hydrogen-bond acceptors (Lipinski definition) is 5. The van der Waals surface area contributed by atoms with Crippen LogP contribution in [0.3, 0.4) is 0 Å². The molecule has 2 rings (SSSR count). The summed E-state index contributed by atoms with van der Waals surface area (Å²) in [6.45, 7) is 5.56. The molecule has 1 aromatic rings. The van der Waals surface area contributed by atoms with Gasteiger partial charge in [-0.15, -0.1) is 0 Å². The molecule has 7 heteroatoms. The molecule has 1 aromatic heterocycles. The largest absolute Gasteiger partial charge is 0.467 e. The maximum Gasteiger partial charge on any atom is 0.318 e. The summed E-state index contributed by atoms with van der Waals surface area (Å²) in [6.07, 6.45) is 1.66. The van der Waals surface area contributed by atoms with Crippen LogP contribution in [0.5, 0.6) is 6.01 Å². The Bertz CT molecular complexity index is 459. The predicted molar refractivity (Wildman–Crippen MR) is 78.6 cm³/mol. The van der Waals surface area contributed by atoms with Gasteiger partial charge in [-0.25, -0.2) is 4.98 Å². The second-order valence-corrected chi connectivity index (χ2v) is 6.12. The molecule has 0 aliphatic carbocycles. The van der Waals surface area contributed by atoms with Crippen molar-refractivity contribution in [2.24, 2.45) is 0 Å². The molecule has 1 unspecified atom stereocenters. The summed E-state index contributed by atoms with van der Waals surface area (Å²) in [4.78, 5) is 10.4. The Morgan fingerprint density at radius 3 is 3.00 bits per heavy atom. The Kier molecular flexibility index (Phi) is 4.53. The third-order valence-electron chi connectivity index (χ3n) is 2.84. The van der Waals surface area contributed by atoms with Crippen molar-refractivity contribution in [3.63, 3.8) is 0 Å². The highest BCUT2D eigenvalue weighted by molar-refractivity contribution is 9.09. The fourth-order valence-corrected chi connectivity index (χ4v) is 2.75. The molecule has 1 atom stereocenters. The zero-order valence-corrected chi connectivity index (χ0v) is 13.5. The molecule has 1 saturated heterocycles. The molecule has 0 N–H and O–H groups in total. The third kappa shape index (κ3) is 3.49. The zero-order chi connectivity index (χ0) is 14.0. The average molecular weight is 351 g/mol. The highest BCUT2D eigenvalue weighted by atomic mass is 79.9. The summed E-state index contributed by atoms with van der Waals surface area (Å²) in [7, 11) is 1.54. The number of anilines is 1. The summed E-state index contributed by atoms with van der Waals surface area (Å²) in [5.74, 6) is 0.691. The van der Waals surface area contributed by atoms with Crippen LogP contribution in [0.25, 0.3) is 0 Å². The number of halogens is 2. The van der Waals surface area contributed by atoms with Crippen LogP contribution in [0.4, 0.5) is 5.82 Å². The predicted octanol–water partition coefficient (Wildman–Crippen LogP) is 2.52. The fraction of sp³-hybridized carbons (Fsp3) is 0.667. The molecule has 2 heterocycles. The Morgan fingerprint density at radius 1 is 1.63 bits per heavy atom. The van der Waals surface area contributed by atoms with E-state index in [-0.39, 0.29) is 11.7 Å². The second kappa shape index (κ2) is 5.81. The van der Waals surface area contributed by atoms with E-state index in [0.717, 1.165) is 18.4 Å². The van der Waals surface area contributed by atoms with Crippen LogP contribution >= 0.6 is 27.5 Å². The molecule has 0 radical (unpaired) electrons. The van der Waals surface area contributed by atoms with Crippen molar-refractivity contribution in [1.82, 2.24) is 9.97 Å². The molecular weight excluding hydrogens is 334 g/mol. The van der Waals surface area contributed by atoms with E-state index in [0.29, 0.717) is 16.9 Å². The molecule has 0 spiro atoms. The van der Waals surface area contributed by atoms with Gasteiger partial charge < -0.3 is 14.4 Å². The van der Waals surface area contributed by atoms with E-state index in [4.69, 9.17) is 21.1 Å².